The molecule has 7 heteroatoms. The van der Waals surface area contributed by atoms with Gasteiger partial charge in [-0.2, -0.15) is 0 Å². The highest BCUT2D eigenvalue weighted by Crippen LogP contribution is 2.20. The molecular formula is C21H30N6O. The molecule has 0 spiro atoms. The Hall–Kier alpha value is -2.25. The lowest BCUT2D eigenvalue weighted by Gasteiger charge is -2.23. The predicted octanol–water partition coefficient (Wildman–Crippen LogP) is 2.66. The molecule has 1 unspecified atom stereocenters. The quantitative estimate of drug-likeness (QED) is 0.770. The number of rotatable bonds is 7. The van der Waals surface area contributed by atoms with Gasteiger partial charge in [0.05, 0.1) is 6.20 Å². The van der Waals surface area contributed by atoms with Crippen LogP contribution in [0.3, 0.4) is 0 Å². The molecule has 1 atom stereocenters. The van der Waals surface area contributed by atoms with E-state index in [0.29, 0.717) is 11.7 Å². The first kappa shape index (κ1) is 19.1. The van der Waals surface area contributed by atoms with Crippen molar-refractivity contribution in [1.82, 2.24) is 25.2 Å². The third-order valence-corrected chi connectivity index (χ3v) is 5.75. The minimum atomic E-state index is -0.198. The molecule has 0 aliphatic carbocycles. The van der Waals surface area contributed by atoms with Gasteiger partial charge in [-0.1, -0.05) is 29.8 Å². The maximum absolute atomic E-state index is 12.7. The molecule has 2 saturated heterocycles. The maximum Gasteiger partial charge on any atom is 0.277 e. The second-order valence-corrected chi connectivity index (χ2v) is 7.90. The van der Waals surface area contributed by atoms with E-state index in [1.54, 1.807) is 10.9 Å². The zero-order chi connectivity index (χ0) is 19.2. The zero-order valence-electron chi connectivity index (χ0n) is 16.4. The van der Waals surface area contributed by atoms with Crippen LogP contribution in [0.2, 0.25) is 0 Å². The van der Waals surface area contributed by atoms with E-state index in [2.05, 4.69) is 31.9 Å². The van der Waals surface area contributed by atoms with Crippen LogP contribution in [0.15, 0.2) is 30.5 Å². The molecule has 2 aliphatic rings. The van der Waals surface area contributed by atoms with Crippen LogP contribution >= 0.6 is 0 Å². The molecule has 2 fully saturated rings. The summed E-state index contributed by atoms with van der Waals surface area (Å²) < 4.78 is 1.78. The molecule has 1 aromatic carbocycles. The molecule has 2 N–H and O–H groups in total. The van der Waals surface area contributed by atoms with Crippen LogP contribution in [0.4, 0.5) is 5.69 Å². The third-order valence-electron chi connectivity index (χ3n) is 5.75. The minimum Gasteiger partial charge on any atom is -0.320 e. The molecule has 28 heavy (non-hydrogen) atoms. The molecule has 3 heterocycles. The molecule has 4 rings (SSSR count). The predicted molar refractivity (Wildman–Crippen MR) is 109 cm³/mol. The number of anilines is 1. The van der Waals surface area contributed by atoms with Crippen molar-refractivity contribution in [1.29, 1.82) is 0 Å². The molecule has 1 amide bonds. The van der Waals surface area contributed by atoms with Gasteiger partial charge < -0.3 is 10.6 Å². The monoisotopic (exact) mass is 382 g/mol. The second kappa shape index (κ2) is 9.30. The van der Waals surface area contributed by atoms with Crippen molar-refractivity contribution >= 4 is 11.6 Å². The number of benzene rings is 1. The number of amides is 1. The molecule has 2 aromatic rings. The topological polar surface area (TPSA) is 75.1 Å². The van der Waals surface area contributed by atoms with Gasteiger partial charge in [-0.05, 0) is 63.4 Å². The minimum absolute atomic E-state index is 0.198. The molecule has 0 radical (unpaired) electrons. The summed E-state index contributed by atoms with van der Waals surface area (Å²) in [4.78, 5) is 15.1. The van der Waals surface area contributed by atoms with E-state index in [0.717, 1.165) is 50.4 Å². The van der Waals surface area contributed by atoms with E-state index in [1.807, 2.05) is 18.2 Å². The molecule has 2 aliphatic heterocycles. The van der Waals surface area contributed by atoms with Crippen LogP contribution in [0, 0.1) is 0 Å². The lowest BCUT2D eigenvalue weighted by atomic mass is 10.0. The van der Waals surface area contributed by atoms with Gasteiger partial charge in [-0.15, -0.1) is 5.10 Å². The van der Waals surface area contributed by atoms with E-state index in [-0.39, 0.29) is 5.91 Å². The average Bonchev–Trinajstić information content (AvgIpc) is 3.41. The van der Waals surface area contributed by atoms with Gasteiger partial charge in [0.2, 0.25) is 0 Å². The summed E-state index contributed by atoms with van der Waals surface area (Å²) in [6.45, 7) is 5.02. The Labute approximate surface area is 166 Å². The Balaban J connectivity index is 1.34. The molecule has 0 bridgehead atoms. The fourth-order valence-corrected chi connectivity index (χ4v) is 4.12. The highest BCUT2D eigenvalue weighted by molar-refractivity contribution is 6.03. The van der Waals surface area contributed by atoms with Crippen LogP contribution in [-0.4, -0.2) is 51.5 Å². The largest absolute Gasteiger partial charge is 0.320 e. The SMILES string of the molecule is O=C(Nc1ccccc1CN1CCCC1)c1cn(CCC2CCCCN2)nn1. The summed E-state index contributed by atoms with van der Waals surface area (Å²) in [5.41, 5.74) is 2.38. The summed E-state index contributed by atoms with van der Waals surface area (Å²) in [6.07, 6.45) is 9.06. The number of nitrogens with zero attached hydrogens (tertiary/aromatic N) is 4. The number of piperidine rings is 1. The molecular weight excluding hydrogens is 352 g/mol. The Morgan fingerprint density at radius 3 is 2.86 bits per heavy atom. The Morgan fingerprint density at radius 1 is 1.18 bits per heavy atom. The van der Waals surface area contributed by atoms with E-state index in [9.17, 15) is 4.79 Å². The van der Waals surface area contributed by atoms with Gasteiger partial charge in [-0.3, -0.25) is 14.4 Å². The van der Waals surface area contributed by atoms with E-state index < -0.39 is 0 Å². The number of nitrogens with one attached hydrogen (secondary N) is 2. The van der Waals surface area contributed by atoms with Crippen molar-refractivity contribution in [3.05, 3.63) is 41.7 Å². The van der Waals surface area contributed by atoms with E-state index in [4.69, 9.17) is 0 Å². The van der Waals surface area contributed by atoms with Crippen molar-refractivity contribution in [2.75, 3.05) is 25.0 Å². The number of carbonyl (C=O) groups excluding carboxylic acids is 1. The van der Waals surface area contributed by atoms with Crippen molar-refractivity contribution in [2.24, 2.45) is 0 Å². The number of aryl methyl sites for hydroxylation is 1. The van der Waals surface area contributed by atoms with Crippen molar-refractivity contribution in [3.8, 4) is 0 Å². The van der Waals surface area contributed by atoms with Crippen molar-refractivity contribution < 1.29 is 4.79 Å². The molecule has 1 aromatic heterocycles. The fraction of sp³-hybridized carbons (Fsp3) is 0.571. The number of carbonyl (C=O) groups is 1. The van der Waals surface area contributed by atoms with E-state index in [1.165, 1.54) is 32.1 Å². The van der Waals surface area contributed by atoms with Crippen LogP contribution < -0.4 is 10.6 Å². The Bertz CT molecular complexity index is 777. The van der Waals surface area contributed by atoms with Gasteiger partial charge in [0, 0.05) is 24.8 Å². The van der Waals surface area contributed by atoms with Gasteiger partial charge >= 0.3 is 0 Å². The van der Waals surface area contributed by atoms with E-state index >= 15 is 0 Å². The standard InChI is InChI=1S/C21H30N6O/c28-21(20-16-27(25-24-20)14-10-18-8-3-4-11-22-18)23-19-9-2-1-7-17(19)15-26-12-5-6-13-26/h1-2,7,9,16,18,22H,3-6,8,10-15H2,(H,23,28). The lowest BCUT2D eigenvalue weighted by Crippen LogP contribution is -2.34. The fourth-order valence-electron chi connectivity index (χ4n) is 4.12. The Kier molecular flexibility index (Phi) is 6.34. The van der Waals surface area contributed by atoms with Crippen molar-refractivity contribution in [3.63, 3.8) is 0 Å². The summed E-state index contributed by atoms with van der Waals surface area (Å²) in [5, 5.41) is 14.8. The molecule has 0 saturated carbocycles. The average molecular weight is 383 g/mol. The first-order valence-electron chi connectivity index (χ1n) is 10.5. The Morgan fingerprint density at radius 2 is 2.04 bits per heavy atom. The second-order valence-electron chi connectivity index (χ2n) is 7.90. The lowest BCUT2D eigenvalue weighted by molar-refractivity contribution is 0.102. The summed E-state index contributed by atoms with van der Waals surface area (Å²) in [7, 11) is 0. The van der Waals surface area contributed by atoms with Crippen LogP contribution in [0.1, 0.15) is 54.6 Å². The maximum atomic E-state index is 12.7. The first-order chi connectivity index (χ1) is 13.8. The van der Waals surface area contributed by atoms with Crippen molar-refractivity contribution in [2.45, 2.75) is 57.7 Å². The van der Waals surface area contributed by atoms with Gasteiger partial charge in [0.15, 0.2) is 5.69 Å². The van der Waals surface area contributed by atoms with Crippen LogP contribution in [-0.2, 0) is 13.1 Å². The zero-order valence-corrected chi connectivity index (χ0v) is 16.4. The summed E-state index contributed by atoms with van der Waals surface area (Å²) in [5.74, 6) is -0.198. The smallest absolute Gasteiger partial charge is 0.277 e. The molecule has 7 nitrogen and oxygen atoms in total. The van der Waals surface area contributed by atoms with Gasteiger partial charge in [0.25, 0.3) is 5.91 Å². The van der Waals surface area contributed by atoms with Gasteiger partial charge in [-0.25, -0.2) is 0 Å². The highest BCUT2D eigenvalue weighted by Gasteiger charge is 2.17. The summed E-state index contributed by atoms with van der Waals surface area (Å²) in [6, 6.07) is 8.57. The normalized spacial score (nSPS) is 20.4. The van der Waals surface area contributed by atoms with Gasteiger partial charge in [0.1, 0.15) is 0 Å². The number of aromatic nitrogens is 3. The summed E-state index contributed by atoms with van der Waals surface area (Å²) >= 11 is 0. The number of hydrogen-bond acceptors (Lipinski definition) is 5. The van der Waals surface area contributed by atoms with Crippen LogP contribution in [0.5, 0.6) is 0 Å². The first-order valence-corrected chi connectivity index (χ1v) is 10.5. The van der Waals surface area contributed by atoms with Crippen LogP contribution in [0.25, 0.3) is 0 Å². The highest BCUT2D eigenvalue weighted by atomic mass is 16.2. The number of para-hydroxylation sites is 1. The number of likely N-dealkylation sites (tertiary alicyclic amines) is 1. The molecule has 150 valence electrons. The number of hydrogen-bond donors (Lipinski definition) is 2. The third kappa shape index (κ3) is 4.97.